The van der Waals surface area contributed by atoms with E-state index in [0.717, 1.165) is 23.9 Å². The van der Waals surface area contributed by atoms with Crippen molar-refractivity contribution in [2.45, 2.75) is 64.4 Å². The molecule has 0 saturated carbocycles. The fourth-order valence-electron chi connectivity index (χ4n) is 4.82. The fraction of sp³-hybridized carbons (Fsp3) is 0.462. The van der Waals surface area contributed by atoms with Crippen LogP contribution in [0.3, 0.4) is 0 Å². The number of hydrogen-bond acceptors (Lipinski definition) is 10. The zero-order valence-electron chi connectivity index (χ0n) is 22.5. The van der Waals surface area contributed by atoms with Gasteiger partial charge in [-0.2, -0.15) is 18.2 Å². The Labute approximate surface area is 228 Å². The number of likely N-dealkylation sites (N-methyl/N-ethyl adjacent to an activating group) is 1. The second-order valence-electron chi connectivity index (χ2n) is 9.93. The number of aliphatic hydroxyl groups is 1. The van der Waals surface area contributed by atoms with Crippen LogP contribution in [0.2, 0.25) is 0 Å². The third-order valence-electron chi connectivity index (χ3n) is 7.39. The van der Waals surface area contributed by atoms with Crippen LogP contribution in [0.5, 0.6) is 11.6 Å². The maximum Gasteiger partial charge on any atom is 0.451 e. The van der Waals surface area contributed by atoms with Gasteiger partial charge in [0.2, 0.25) is 17.7 Å². The maximum absolute atomic E-state index is 13.3. The van der Waals surface area contributed by atoms with E-state index in [1.807, 2.05) is 0 Å². The molecule has 0 unspecified atom stereocenters. The molecule has 0 spiro atoms. The average molecular weight is 559 g/mol. The second kappa shape index (κ2) is 10.2. The van der Waals surface area contributed by atoms with Gasteiger partial charge < -0.3 is 25.0 Å². The number of rotatable bonds is 7. The number of amides is 1. The molecule has 5 rings (SSSR count). The molecule has 1 amide bonds. The van der Waals surface area contributed by atoms with Crippen molar-refractivity contribution in [1.82, 2.24) is 24.9 Å². The van der Waals surface area contributed by atoms with E-state index in [4.69, 9.17) is 9.72 Å². The molecular weight excluding hydrogens is 529 g/mol. The molecule has 0 aliphatic carbocycles. The number of aryl methyl sites for hydroxylation is 2. The van der Waals surface area contributed by atoms with Crippen LogP contribution in [0.4, 0.5) is 30.6 Å². The summed E-state index contributed by atoms with van der Waals surface area (Å²) in [4.78, 5) is 37.2. The number of ether oxygens (including phenoxy) is 1. The Morgan fingerprint density at radius 3 is 2.62 bits per heavy atom. The molecule has 2 N–H and O–H groups in total. The molecule has 0 bridgehead atoms. The second-order valence-corrected chi connectivity index (χ2v) is 9.93. The van der Waals surface area contributed by atoms with Crippen LogP contribution < -0.4 is 19.9 Å². The van der Waals surface area contributed by atoms with Gasteiger partial charge in [0.05, 0.1) is 23.7 Å². The van der Waals surface area contributed by atoms with Gasteiger partial charge >= 0.3 is 6.18 Å². The predicted molar refractivity (Wildman–Crippen MR) is 139 cm³/mol. The highest BCUT2D eigenvalue weighted by atomic mass is 19.4. The van der Waals surface area contributed by atoms with E-state index >= 15 is 0 Å². The highest BCUT2D eigenvalue weighted by Crippen LogP contribution is 2.44. The Kier molecular flexibility index (Phi) is 6.98. The van der Waals surface area contributed by atoms with Gasteiger partial charge in [-0.3, -0.25) is 4.79 Å². The summed E-state index contributed by atoms with van der Waals surface area (Å²) in [6.45, 7) is 5.85. The van der Waals surface area contributed by atoms with Crippen LogP contribution >= 0.6 is 0 Å². The summed E-state index contributed by atoms with van der Waals surface area (Å²) in [7, 11) is 1.75. The Bertz CT molecular complexity index is 1430. The lowest BCUT2D eigenvalue weighted by atomic mass is 9.87. The first kappa shape index (κ1) is 27.5. The molecule has 2 aliphatic rings. The smallest absolute Gasteiger partial charge is 0.435 e. The molecule has 212 valence electrons. The third kappa shape index (κ3) is 4.76. The lowest BCUT2D eigenvalue weighted by molar-refractivity contribution is -0.145. The molecule has 14 heteroatoms. The number of nitrogens with one attached hydrogen (secondary N) is 1. The maximum atomic E-state index is 13.3. The highest BCUT2D eigenvalue weighted by molar-refractivity contribution is 6.08. The molecule has 2 atom stereocenters. The minimum Gasteiger partial charge on any atom is -0.435 e. The van der Waals surface area contributed by atoms with Gasteiger partial charge in [-0.1, -0.05) is 13.0 Å². The minimum absolute atomic E-state index is 0.103. The van der Waals surface area contributed by atoms with Crippen LogP contribution in [0, 0.1) is 0 Å². The summed E-state index contributed by atoms with van der Waals surface area (Å²) in [5.74, 6) is -0.163. The summed E-state index contributed by atoms with van der Waals surface area (Å²) >= 11 is 0. The van der Waals surface area contributed by atoms with Crippen molar-refractivity contribution in [1.29, 1.82) is 0 Å². The lowest BCUT2D eigenvalue weighted by Gasteiger charge is -2.49. The van der Waals surface area contributed by atoms with Crippen molar-refractivity contribution < 1.29 is 27.8 Å². The van der Waals surface area contributed by atoms with Gasteiger partial charge in [0.15, 0.2) is 11.6 Å². The molecule has 40 heavy (non-hydrogen) atoms. The minimum atomic E-state index is -4.64. The summed E-state index contributed by atoms with van der Waals surface area (Å²) in [6, 6.07) is 3.35. The fourth-order valence-corrected chi connectivity index (χ4v) is 4.82. The molecule has 2 aliphatic heterocycles. The first-order valence-electron chi connectivity index (χ1n) is 12.9. The standard InChI is InChI=1S/C26H29F3N8O3/c1-5-16-18(13-31-22(33-16)26(27,28)29)40-19-9-8-15(11-30-19)12-32-24-34-17-7-6-10-37-20(17)21(35-24)36(4)25(3,14(2)38)23(37)39/h8-9,11,13-14,38H,5-7,10,12H2,1-4H3,(H,32,34,35)/t14-,25-/m0/s1. The molecule has 0 radical (unpaired) electrons. The number of halogens is 3. The topological polar surface area (TPSA) is 129 Å². The van der Waals surface area contributed by atoms with Crippen LogP contribution in [-0.4, -0.2) is 61.2 Å². The molecule has 11 nitrogen and oxygen atoms in total. The Morgan fingerprint density at radius 1 is 1.20 bits per heavy atom. The van der Waals surface area contributed by atoms with Crippen molar-refractivity contribution in [2.24, 2.45) is 0 Å². The van der Waals surface area contributed by atoms with E-state index in [-0.39, 0.29) is 29.7 Å². The number of hydrogen-bond donors (Lipinski definition) is 2. The Balaban J connectivity index is 1.32. The van der Waals surface area contributed by atoms with E-state index in [1.54, 1.807) is 55.9 Å². The zero-order chi connectivity index (χ0) is 28.8. The Hall–Kier alpha value is -4.07. The molecule has 0 fully saturated rings. The predicted octanol–water partition coefficient (Wildman–Crippen LogP) is 3.52. The lowest BCUT2D eigenvalue weighted by Crippen LogP contribution is -2.66. The van der Waals surface area contributed by atoms with Crippen molar-refractivity contribution in [3.63, 3.8) is 0 Å². The summed E-state index contributed by atoms with van der Waals surface area (Å²) in [5, 5.41) is 13.7. The molecule has 5 heterocycles. The average Bonchev–Trinajstić information content (AvgIpc) is 2.93. The van der Waals surface area contributed by atoms with Gasteiger partial charge in [-0.25, -0.2) is 19.9 Å². The third-order valence-corrected chi connectivity index (χ3v) is 7.39. The van der Waals surface area contributed by atoms with Crippen molar-refractivity contribution in [3.05, 3.63) is 47.3 Å². The normalized spacial score (nSPS) is 19.4. The van der Waals surface area contributed by atoms with Gasteiger partial charge in [0.1, 0.15) is 11.2 Å². The molecule has 3 aromatic heterocycles. The van der Waals surface area contributed by atoms with E-state index in [9.17, 15) is 23.1 Å². The van der Waals surface area contributed by atoms with Crippen LogP contribution in [-0.2, 0) is 30.4 Å². The number of alkyl halides is 3. The number of pyridine rings is 1. The quantitative estimate of drug-likeness (QED) is 0.444. The zero-order valence-corrected chi connectivity index (χ0v) is 22.5. The number of carbonyl (C=O) groups excluding carboxylic acids is 1. The van der Waals surface area contributed by atoms with Crippen LogP contribution in [0.15, 0.2) is 24.5 Å². The van der Waals surface area contributed by atoms with E-state index in [1.165, 1.54) is 0 Å². The molecule has 0 aromatic carbocycles. The van der Waals surface area contributed by atoms with Gasteiger partial charge in [0, 0.05) is 32.4 Å². The van der Waals surface area contributed by atoms with Gasteiger partial charge in [0.25, 0.3) is 5.91 Å². The summed E-state index contributed by atoms with van der Waals surface area (Å²) < 4.78 is 44.4. The van der Waals surface area contributed by atoms with E-state index < -0.39 is 23.6 Å². The first-order chi connectivity index (χ1) is 18.9. The highest BCUT2D eigenvalue weighted by Gasteiger charge is 2.52. The van der Waals surface area contributed by atoms with E-state index in [2.05, 4.69) is 25.3 Å². The number of carbonyl (C=O) groups is 1. The van der Waals surface area contributed by atoms with E-state index in [0.29, 0.717) is 37.0 Å². The molecular formula is C26H29F3N8O3. The van der Waals surface area contributed by atoms with Gasteiger partial charge in [-0.15, -0.1) is 0 Å². The van der Waals surface area contributed by atoms with Crippen molar-refractivity contribution in [3.8, 4) is 11.6 Å². The molecule has 3 aromatic rings. The van der Waals surface area contributed by atoms with Gasteiger partial charge in [-0.05, 0) is 38.7 Å². The Morgan fingerprint density at radius 2 is 1.98 bits per heavy atom. The number of aromatic nitrogens is 5. The monoisotopic (exact) mass is 558 g/mol. The number of nitrogens with zero attached hydrogens (tertiary/aromatic N) is 7. The van der Waals surface area contributed by atoms with Crippen LogP contribution in [0.1, 0.15) is 50.0 Å². The first-order valence-corrected chi connectivity index (χ1v) is 12.9. The SMILES string of the molecule is CCc1nc(C(F)(F)F)ncc1Oc1ccc(CNc2nc3c4c(n2)N(C)[C@@](C)([C@H](C)O)C(=O)N4CCC3)cn1. The molecule has 0 saturated heterocycles. The van der Waals surface area contributed by atoms with Crippen molar-refractivity contribution in [2.75, 3.05) is 28.7 Å². The largest absolute Gasteiger partial charge is 0.451 e. The number of aliphatic hydroxyl groups excluding tert-OH is 1. The van der Waals surface area contributed by atoms with Crippen LogP contribution in [0.25, 0.3) is 0 Å². The van der Waals surface area contributed by atoms with Crippen molar-refractivity contribution >= 4 is 23.4 Å². The number of anilines is 3. The summed E-state index contributed by atoms with van der Waals surface area (Å²) in [6.07, 6.45) is -1.32. The summed E-state index contributed by atoms with van der Waals surface area (Å²) in [5.41, 5.74) is 1.19.